The van der Waals surface area contributed by atoms with Crippen LogP contribution in [0.5, 0.6) is 0 Å². The van der Waals surface area contributed by atoms with Crippen molar-refractivity contribution in [3.63, 3.8) is 0 Å². The zero-order valence-electron chi connectivity index (χ0n) is 13.8. The molecular formula is C16H24N2O4S. The maximum Gasteiger partial charge on any atom is 0.264 e. The molecular weight excluding hydrogens is 316 g/mol. The van der Waals surface area contributed by atoms with E-state index in [1.54, 1.807) is 0 Å². The van der Waals surface area contributed by atoms with Gasteiger partial charge in [-0.2, -0.15) is 0 Å². The number of rotatable bonds is 8. The van der Waals surface area contributed by atoms with Crippen molar-refractivity contribution in [3.8, 4) is 0 Å². The minimum atomic E-state index is -3.85. The van der Waals surface area contributed by atoms with Gasteiger partial charge in [0.05, 0.1) is 4.90 Å². The molecule has 2 N–H and O–H groups in total. The zero-order chi connectivity index (χ0) is 17.5. The van der Waals surface area contributed by atoms with E-state index in [-0.39, 0.29) is 16.7 Å². The number of hydrogen-bond acceptors (Lipinski definition) is 4. The Bertz CT molecular complexity index is 639. The summed E-state index contributed by atoms with van der Waals surface area (Å²) in [5.74, 6) is -0.750. The molecule has 1 aromatic carbocycles. The third kappa shape index (κ3) is 6.02. The lowest BCUT2D eigenvalue weighted by Crippen LogP contribution is -2.28. The van der Waals surface area contributed by atoms with Gasteiger partial charge in [0.15, 0.2) is 0 Å². The van der Waals surface area contributed by atoms with Crippen molar-refractivity contribution in [2.24, 2.45) is 5.92 Å². The molecule has 0 saturated heterocycles. The Kier molecular flexibility index (Phi) is 7.22. The maximum absolute atomic E-state index is 12.2. The van der Waals surface area contributed by atoms with Crippen LogP contribution in [0.1, 0.15) is 46.5 Å². The predicted molar refractivity (Wildman–Crippen MR) is 89.4 cm³/mol. The second kappa shape index (κ2) is 8.67. The summed E-state index contributed by atoms with van der Waals surface area (Å²) in [7, 11) is -3.85. The minimum absolute atomic E-state index is 0.0243. The molecule has 128 valence electrons. The summed E-state index contributed by atoms with van der Waals surface area (Å²) >= 11 is 0. The van der Waals surface area contributed by atoms with Gasteiger partial charge in [0.1, 0.15) is 0 Å². The smallest absolute Gasteiger partial charge is 0.264 e. The Morgan fingerprint density at radius 3 is 2.22 bits per heavy atom. The van der Waals surface area contributed by atoms with Gasteiger partial charge in [0, 0.05) is 18.5 Å². The first-order valence-corrected chi connectivity index (χ1v) is 9.22. The Labute approximate surface area is 137 Å². The summed E-state index contributed by atoms with van der Waals surface area (Å²) in [6.07, 6.45) is 3.65. The van der Waals surface area contributed by atoms with Crippen molar-refractivity contribution < 1.29 is 18.0 Å². The zero-order valence-corrected chi connectivity index (χ0v) is 14.6. The number of sulfonamides is 1. The lowest BCUT2D eigenvalue weighted by Gasteiger charge is -2.14. The molecule has 0 aliphatic heterocycles. The van der Waals surface area contributed by atoms with E-state index < -0.39 is 15.9 Å². The Morgan fingerprint density at radius 1 is 1.13 bits per heavy atom. The number of anilines is 1. The number of nitrogens with one attached hydrogen (secondary N) is 2. The molecule has 0 aliphatic rings. The number of carbonyl (C=O) groups is 2. The molecule has 0 bridgehead atoms. The van der Waals surface area contributed by atoms with Crippen molar-refractivity contribution in [2.75, 3.05) is 5.32 Å². The van der Waals surface area contributed by atoms with E-state index in [9.17, 15) is 18.0 Å². The topological polar surface area (TPSA) is 92.3 Å². The highest BCUT2D eigenvalue weighted by Crippen LogP contribution is 2.18. The van der Waals surface area contributed by atoms with E-state index in [0.717, 1.165) is 32.6 Å². The van der Waals surface area contributed by atoms with Crippen LogP contribution < -0.4 is 10.0 Å². The third-order valence-corrected chi connectivity index (χ3v) is 4.93. The first-order valence-electron chi connectivity index (χ1n) is 7.74. The van der Waals surface area contributed by atoms with Gasteiger partial charge in [0.2, 0.25) is 11.8 Å². The van der Waals surface area contributed by atoms with Gasteiger partial charge in [-0.3, -0.25) is 9.59 Å². The van der Waals surface area contributed by atoms with E-state index in [4.69, 9.17) is 0 Å². The van der Waals surface area contributed by atoms with Gasteiger partial charge < -0.3 is 5.32 Å². The number of amides is 2. The van der Waals surface area contributed by atoms with Crippen LogP contribution in [-0.2, 0) is 19.6 Å². The van der Waals surface area contributed by atoms with Gasteiger partial charge in [-0.05, 0) is 37.1 Å². The van der Waals surface area contributed by atoms with Gasteiger partial charge in [-0.1, -0.05) is 26.7 Å². The monoisotopic (exact) mass is 340 g/mol. The first kappa shape index (κ1) is 19.2. The van der Waals surface area contributed by atoms with Gasteiger partial charge in [-0.25, -0.2) is 13.1 Å². The predicted octanol–water partition coefficient (Wildman–Crippen LogP) is 2.67. The van der Waals surface area contributed by atoms with Crippen molar-refractivity contribution in [1.29, 1.82) is 0 Å². The summed E-state index contributed by atoms with van der Waals surface area (Å²) in [5, 5.41) is 2.80. The molecule has 0 spiro atoms. The van der Waals surface area contributed by atoms with Gasteiger partial charge >= 0.3 is 0 Å². The molecule has 0 fully saturated rings. The maximum atomic E-state index is 12.2. The van der Waals surface area contributed by atoms with Gasteiger partial charge in [-0.15, -0.1) is 0 Å². The molecule has 7 heteroatoms. The average Bonchev–Trinajstić information content (AvgIpc) is 2.47. The molecule has 0 unspecified atom stereocenters. The quantitative estimate of drug-likeness (QED) is 0.761. The third-order valence-electron chi connectivity index (χ3n) is 3.48. The lowest BCUT2D eigenvalue weighted by molar-refractivity contribution is -0.120. The molecule has 0 heterocycles. The lowest BCUT2D eigenvalue weighted by atomic mass is 9.98. The second-order valence-corrected chi connectivity index (χ2v) is 7.11. The number of benzene rings is 1. The minimum Gasteiger partial charge on any atom is -0.326 e. The number of carbonyl (C=O) groups excluding carboxylic acids is 2. The normalized spacial score (nSPS) is 12.5. The molecule has 0 saturated carbocycles. The molecule has 2 amide bonds. The summed E-state index contributed by atoms with van der Waals surface area (Å²) in [6, 6.07) is 5.74. The highest BCUT2D eigenvalue weighted by Gasteiger charge is 2.17. The summed E-state index contributed by atoms with van der Waals surface area (Å²) < 4.78 is 25.6. The van der Waals surface area contributed by atoms with Crippen LogP contribution >= 0.6 is 0 Å². The standard InChI is InChI=1S/C16H24N2O4S/c1-4-6-7-13(5-2)16(20)17-14-8-10-15(11-9-14)23(21,22)18-12(3)19/h8-11,13H,4-7H2,1-3H3,(H,17,20)(H,18,19)/t13-/m0/s1. The molecule has 1 aromatic rings. The van der Waals surface area contributed by atoms with E-state index in [0.29, 0.717) is 5.69 Å². The summed E-state index contributed by atoms with van der Waals surface area (Å²) in [5.41, 5.74) is 0.534. The van der Waals surface area contributed by atoms with Gasteiger partial charge in [0.25, 0.3) is 10.0 Å². The molecule has 1 rings (SSSR count). The van der Waals surface area contributed by atoms with Crippen LogP contribution in [0, 0.1) is 5.92 Å². The Morgan fingerprint density at radius 2 is 1.74 bits per heavy atom. The molecule has 23 heavy (non-hydrogen) atoms. The SMILES string of the molecule is CCCC[C@H](CC)C(=O)Nc1ccc(S(=O)(=O)NC(C)=O)cc1. The molecule has 0 aromatic heterocycles. The molecule has 1 atom stereocenters. The van der Waals surface area contributed by atoms with Crippen LogP contribution in [0.15, 0.2) is 29.2 Å². The van der Waals surface area contributed by atoms with Crippen LogP contribution in [0.4, 0.5) is 5.69 Å². The first-order chi connectivity index (χ1) is 10.8. The Hall–Kier alpha value is -1.89. The van der Waals surface area contributed by atoms with E-state index in [2.05, 4.69) is 12.2 Å². The number of unbranched alkanes of at least 4 members (excludes halogenated alkanes) is 1. The molecule has 0 aliphatic carbocycles. The highest BCUT2D eigenvalue weighted by atomic mass is 32.2. The van der Waals surface area contributed by atoms with Crippen molar-refractivity contribution in [1.82, 2.24) is 4.72 Å². The fourth-order valence-corrected chi connectivity index (χ4v) is 3.17. The fraction of sp³-hybridized carbons (Fsp3) is 0.500. The highest BCUT2D eigenvalue weighted by molar-refractivity contribution is 7.90. The van der Waals surface area contributed by atoms with E-state index >= 15 is 0 Å². The average molecular weight is 340 g/mol. The second-order valence-electron chi connectivity index (χ2n) is 5.42. The largest absolute Gasteiger partial charge is 0.326 e. The van der Waals surface area contributed by atoms with Crippen molar-refractivity contribution in [3.05, 3.63) is 24.3 Å². The van der Waals surface area contributed by atoms with Crippen LogP contribution in [0.25, 0.3) is 0 Å². The van der Waals surface area contributed by atoms with Crippen LogP contribution in [-0.4, -0.2) is 20.2 Å². The van der Waals surface area contributed by atoms with Crippen molar-refractivity contribution >= 4 is 27.5 Å². The van der Waals surface area contributed by atoms with E-state index in [1.807, 2.05) is 11.6 Å². The van der Waals surface area contributed by atoms with Crippen LogP contribution in [0.2, 0.25) is 0 Å². The molecule has 0 radical (unpaired) electrons. The van der Waals surface area contributed by atoms with Crippen LogP contribution in [0.3, 0.4) is 0 Å². The molecule has 6 nitrogen and oxygen atoms in total. The summed E-state index contributed by atoms with van der Waals surface area (Å²) in [4.78, 5) is 23.1. The van der Waals surface area contributed by atoms with E-state index in [1.165, 1.54) is 24.3 Å². The Balaban J connectivity index is 2.77. The number of hydrogen-bond donors (Lipinski definition) is 2. The summed E-state index contributed by atoms with van der Waals surface area (Å²) in [6.45, 7) is 5.19. The fourth-order valence-electron chi connectivity index (χ4n) is 2.18. The van der Waals surface area contributed by atoms with Crippen molar-refractivity contribution in [2.45, 2.75) is 51.3 Å².